The number of phenols is 1. The van der Waals surface area contributed by atoms with Crippen LogP contribution in [0.15, 0.2) is 54.6 Å². The van der Waals surface area contributed by atoms with Gasteiger partial charge in [-0.25, -0.2) is 0 Å². The van der Waals surface area contributed by atoms with Crippen molar-refractivity contribution in [3.8, 4) is 5.75 Å². The number of anilines is 1. The van der Waals surface area contributed by atoms with E-state index in [1.165, 1.54) is 5.69 Å². The average molecular weight is 268 g/mol. The number of aromatic hydroxyl groups is 1. The average Bonchev–Trinajstić information content (AvgIpc) is 2.95. The molecule has 3 heteroatoms. The van der Waals surface area contributed by atoms with E-state index in [0.29, 0.717) is 11.8 Å². The van der Waals surface area contributed by atoms with Crippen molar-refractivity contribution < 1.29 is 5.11 Å². The number of rotatable bonds is 4. The first-order chi connectivity index (χ1) is 9.81. The Labute approximate surface area is 119 Å². The van der Waals surface area contributed by atoms with Crippen LogP contribution in [0.1, 0.15) is 12.0 Å². The molecule has 1 fully saturated rings. The van der Waals surface area contributed by atoms with Gasteiger partial charge in [0.15, 0.2) is 0 Å². The summed E-state index contributed by atoms with van der Waals surface area (Å²) in [5.41, 5.74) is 2.43. The Bertz CT molecular complexity index is 556. The Morgan fingerprint density at radius 2 is 1.95 bits per heavy atom. The second-order valence-corrected chi connectivity index (χ2v) is 5.32. The molecule has 0 radical (unpaired) electrons. The van der Waals surface area contributed by atoms with Crippen LogP contribution in [-0.4, -0.2) is 24.2 Å². The molecule has 1 aliphatic heterocycles. The van der Waals surface area contributed by atoms with Crippen molar-refractivity contribution in [2.45, 2.75) is 19.0 Å². The number of hydrogen-bond acceptors (Lipinski definition) is 3. The largest absolute Gasteiger partial charge is 0.508 e. The number of nitrogens with zero attached hydrogens (tertiary/aromatic N) is 1. The minimum Gasteiger partial charge on any atom is -0.508 e. The highest BCUT2D eigenvalue weighted by atomic mass is 16.3. The molecule has 0 aromatic heterocycles. The summed E-state index contributed by atoms with van der Waals surface area (Å²) in [6, 6.07) is 18.5. The molecule has 1 heterocycles. The maximum Gasteiger partial charge on any atom is 0.115 e. The fourth-order valence-corrected chi connectivity index (χ4v) is 2.73. The van der Waals surface area contributed by atoms with Crippen LogP contribution in [0.4, 0.5) is 5.69 Å². The summed E-state index contributed by atoms with van der Waals surface area (Å²) in [5.74, 6) is 0.335. The van der Waals surface area contributed by atoms with Crippen molar-refractivity contribution in [3.05, 3.63) is 60.2 Å². The molecule has 1 aliphatic rings. The van der Waals surface area contributed by atoms with Crippen LogP contribution in [0.3, 0.4) is 0 Å². The molecule has 0 spiro atoms. The van der Waals surface area contributed by atoms with Crippen LogP contribution in [0, 0.1) is 0 Å². The minimum atomic E-state index is 0.335. The lowest BCUT2D eigenvalue weighted by atomic mass is 10.2. The Balaban J connectivity index is 1.53. The highest BCUT2D eigenvalue weighted by Crippen LogP contribution is 2.20. The van der Waals surface area contributed by atoms with E-state index < -0.39 is 0 Å². The molecule has 1 saturated heterocycles. The van der Waals surface area contributed by atoms with Gasteiger partial charge in [0.25, 0.3) is 0 Å². The van der Waals surface area contributed by atoms with Gasteiger partial charge in [-0.3, -0.25) is 0 Å². The Morgan fingerprint density at radius 3 is 2.75 bits per heavy atom. The van der Waals surface area contributed by atoms with Gasteiger partial charge in [-0.2, -0.15) is 0 Å². The van der Waals surface area contributed by atoms with E-state index in [0.717, 1.165) is 31.6 Å². The molecule has 104 valence electrons. The molecule has 0 bridgehead atoms. The van der Waals surface area contributed by atoms with Gasteiger partial charge in [0.2, 0.25) is 0 Å². The summed E-state index contributed by atoms with van der Waals surface area (Å²) in [6.45, 7) is 2.95. The number of phenolic OH excluding ortho intramolecular Hbond substituents is 1. The highest BCUT2D eigenvalue weighted by Gasteiger charge is 2.21. The van der Waals surface area contributed by atoms with Crippen molar-refractivity contribution in [3.63, 3.8) is 0 Å². The summed E-state index contributed by atoms with van der Waals surface area (Å²) >= 11 is 0. The third-order valence-corrected chi connectivity index (χ3v) is 3.82. The zero-order valence-electron chi connectivity index (χ0n) is 11.5. The Hall–Kier alpha value is -2.00. The van der Waals surface area contributed by atoms with Gasteiger partial charge in [-0.1, -0.05) is 30.3 Å². The maximum absolute atomic E-state index is 9.46. The van der Waals surface area contributed by atoms with Crippen LogP contribution in [0.2, 0.25) is 0 Å². The van der Waals surface area contributed by atoms with Crippen molar-refractivity contribution >= 4 is 5.69 Å². The van der Waals surface area contributed by atoms with E-state index in [1.807, 2.05) is 18.2 Å². The van der Waals surface area contributed by atoms with Crippen molar-refractivity contribution in [1.29, 1.82) is 0 Å². The van der Waals surface area contributed by atoms with Gasteiger partial charge in [0, 0.05) is 31.4 Å². The van der Waals surface area contributed by atoms with Crippen LogP contribution >= 0.6 is 0 Å². The van der Waals surface area contributed by atoms with Crippen LogP contribution < -0.4 is 10.2 Å². The van der Waals surface area contributed by atoms with Gasteiger partial charge in [0.1, 0.15) is 5.75 Å². The summed E-state index contributed by atoms with van der Waals surface area (Å²) in [7, 11) is 0. The number of nitrogens with one attached hydrogen (secondary N) is 1. The molecule has 1 atom stereocenters. The summed E-state index contributed by atoms with van der Waals surface area (Å²) in [4.78, 5) is 2.42. The third kappa shape index (κ3) is 3.11. The highest BCUT2D eigenvalue weighted by molar-refractivity contribution is 5.47. The van der Waals surface area contributed by atoms with Gasteiger partial charge in [-0.05, 0) is 36.2 Å². The van der Waals surface area contributed by atoms with Gasteiger partial charge in [0.05, 0.1) is 0 Å². The van der Waals surface area contributed by atoms with Crippen molar-refractivity contribution in [1.82, 2.24) is 5.32 Å². The first-order valence-electron chi connectivity index (χ1n) is 7.12. The lowest BCUT2D eigenvalue weighted by molar-refractivity contribution is 0.473. The quantitative estimate of drug-likeness (QED) is 0.895. The van der Waals surface area contributed by atoms with Gasteiger partial charge < -0.3 is 15.3 Å². The molecule has 20 heavy (non-hydrogen) atoms. The van der Waals surface area contributed by atoms with Gasteiger partial charge >= 0.3 is 0 Å². The van der Waals surface area contributed by atoms with Crippen molar-refractivity contribution in [2.75, 3.05) is 18.0 Å². The summed E-state index contributed by atoms with van der Waals surface area (Å²) in [6.07, 6.45) is 1.16. The second-order valence-electron chi connectivity index (χ2n) is 5.32. The number of hydrogen-bond donors (Lipinski definition) is 2. The first kappa shape index (κ1) is 13.0. The molecular weight excluding hydrogens is 248 g/mol. The van der Waals surface area contributed by atoms with Crippen LogP contribution in [-0.2, 0) is 6.54 Å². The number of para-hydroxylation sites is 1. The normalized spacial score (nSPS) is 18.4. The lowest BCUT2D eigenvalue weighted by Crippen LogP contribution is -2.32. The van der Waals surface area contributed by atoms with Crippen molar-refractivity contribution in [2.24, 2.45) is 0 Å². The fourth-order valence-electron chi connectivity index (χ4n) is 2.73. The molecule has 0 amide bonds. The number of benzene rings is 2. The monoisotopic (exact) mass is 268 g/mol. The first-order valence-corrected chi connectivity index (χ1v) is 7.12. The van der Waals surface area contributed by atoms with Crippen LogP contribution in [0.25, 0.3) is 0 Å². The molecular formula is C17H20N2O. The molecule has 2 aromatic carbocycles. The second kappa shape index (κ2) is 5.97. The fraction of sp³-hybridized carbons (Fsp3) is 0.294. The topological polar surface area (TPSA) is 35.5 Å². The molecule has 3 rings (SSSR count). The SMILES string of the molecule is Oc1cccc(CNC2CCN(c3ccccc3)C2)c1. The predicted molar refractivity (Wildman–Crippen MR) is 82.0 cm³/mol. The van der Waals surface area contributed by atoms with Crippen LogP contribution in [0.5, 0.6) is 5.75 Å². The third-order valence-electron chi connectivity index (χ3n) is 3.82. The van der Waals surface area contributed by atoms with E-state index in [-0.39, 0.29) is 0 Å². The van der Waals surface area contributed by atoms with E-state index in [2.05, 4.69) is 40.5 Å². The molecule has 1 unspecified atom stereocenters. The predicted octanol–water partition coefficient (Wildman–Crippen LogP) is 2.76. The Kier molecular flexibility index (Phi) is 3.88. The summed E-state index contributed by atoms with van der Waals surface area (Å²) in [5, 5.41) is 13.0. The standard InChI is InChI=1S/C17H20N2O/c20-17-8-4-5-14(11-17)12-18-15-9-10-19(13-15)16-6-2-1-3-7-16/h1-8,11,15,18,20H,9-10,12-13H2. The maximum atomic E-state index is 9.46. The smallest absolute Gasteiger partial charge is 0.115 e. The zero-order chi connectivity index (χ0) is 13.8. The molecule has 2 N–H and O–H groups in total. The van der Waals surface area contributed by atoms with E-state index >= 15 is 0 Å². The van der Waals surface area contributed by atoms with E-state index in [9.17, 15) is 5.11 Å². The molecule has 0 aliphatic carbocycles. The molecule has 3 nitrogen and oxygen atoms in total. The Morgan fingerprint density at radius 1 is 1.10 bits per heavy atom. The zero-order valence-corrected chi connectivity index (χ0v) is 11.5. The molecule has 2 aromatic rings. The minimum absolute atomic E-state index is 0.335. The summed E-state index contributed by atoms with van der Waals surface area (Å²) < 4.78 is 0. The van der Waals surface area contributed by atoms with Gasteiger partial charge in [-0.15, -0.1) is 0 Å². The van der Waals surface area contributed by atoms with E-state index in [4.69, 9.17) is 0 Å². The van der Waals surface area contributed by atoms with E-state index in [1.54, 1.807) is 6.07 Å². The molecule has 0 saturated carbocycles. The lowest BCUT2D eigenvalue weighted by Gasteiger charge is -2.19.